The van der Waals surface area contributed by atoms with Crippen LogP contribution in [0.5, 0.6) is 0 Å². The molecule has 1 aromatic rings. The van der Waals surface area contributed by atoms with Crippen molar-refractivity contribution in [3.63, 3.8) is 0 Å². The van der Waals surface area contributed by atoms with Gasteiger partial charge in [0.1, 0.15) is 5.41 Å². The van der Waals surface area contributed by atoms with Crippen molar-refractivity contribution in [1.82, 2.24) is 0 Å². The van der Waals surface area contributed by atoms with E-state index in [-0.39, 0.29) is 18.2 Å². The Morgan fingerprint density at radius 1 is 1.22 bits per heavy atom. The van der Waals surface area contributed by atoms with E-state index in [1.165, 1.54) is 0 Å². The lowest BCUT2D eigenvalue weighted by Gasteiger charge is -2.22. The second kappa shape index (κ2) is 7.37. The average molecular weight is 318 g/mol. The van der Waals surface area contributed by atoms with Gasteiger partial charge < -0.3 is 9.84 Å². The molecule has 2 rings (SSSR count). The minimum atomic E-state index is -1.15. The fourth-order valence-electron chi connectivity index (χ4n) is 3.45. The van der Waals surface area contributed by atoms with E-state index >= 15 is 0 Å². The van der Waals surface area contributed by atoms with Gasteiger partial charge in [-0.05, 0) is 18.9 Å². The van der Waals surface area contributed by atoms with Gasteiger partial charge in [0.2, 0.25) is 0 Å². The van der Waals surface area contributed by atoms with Crippen LogP contribution in [0.15, 0.2) is 30.3 Å². The van der Waals surface area contributed by atoms with Crippen LogP contribution in [-0.2, 0) is 20.9 Å². The fourth-order valence-corrected chi connectivity index (χ4v) is 3.45. The van der Waals surface area contributed by atoms with Gasteiger partial charge >= 0.3 is 0 Å². The van der Waals surface area contributed by atoms with Crippen molar-refractivity contribution in [3.8, 4) is 0 Å². The minimum absolute atomic E-state index is 0.0687. The third-order valence-corrected chi connectivity index (χ3v) is 4.84. The maximum Gasteiger partial charge on any atom is 0.154 e. The Kier molecular flexibility index (Phi) is 5.71. The highest BCUT2D eigenvalue weighted by atomic mass is 16.5. The summed E-state index contributed by atoms with van der Waals surface area (Å²) >= 11 is 0. The molecule has 126 valence electrons. The molecule has 0 unspecified atom stereocenters. The van der Waals surface area contributed by atoms with Gasteiger partial charge in [-0.2, -0.15) is 0 Å². The molecule has 4 heteroatoms. The topological polar surface area (TPSA) is 63.6 Å². The third kappa shape index (κ3) is 3.54. The molecule has 0 aliphatic heterocycles. The zero-order valence-electron chi connectivity index (χ0n) is 14.1. The molecule has 0 aromatic heterocycles. The summed E-state index contributed by atoms with van der Waals surface area (Å²) in [6, 6.07) is 9.65. The predicted molar refractivity (Wildman–Crippen MR) is 87.8 cm³/mol. The summed E-state index contributed by atoms with van der Waals surface area (Å²) in [6.07, 6.45) is 0.574. The first-order chi connectivity index (χ1) is 10.9. The molecule has 1 fully saturated rings. The van der Waals surface area contributed by atoms with E-state index in [1.54, 1.807) is 13.8 Å². The highest BCUT2D eigenvalue weighted by molar-refractivity contribution is 6.15. The molecule has 1 aliphatic rings. The molecule has 0 heterocycles. The van der Waals surface area contributed by atoms with Gasteiger partial charge in [0.15, 0.2) is 11.6 Å². The summed E-state index contributed by atoms with van der Waals surface area (Å²) in [5.41, 5.74) is -0.141. The van der Waals surface area contributed by atoms with E-state index < -0.39 is 23.4 Å². The maximum absolute atomic E-state index is 12.7. The largest absolute Gasteiger partial charge is 0.392 e. The Morgan fingerprint density at radius 2 is 1.87 bits per heavy atom. The van der Waals surface area contributed by atoms with E-state index in [9.17, 15) is 14.7 Å². The average Bonchev–Trinajstić information content (AvgIpc) is 2.70. The van der Waals surface area contributed by atoms with Crippen LogP contribution in [0.1, 0.15) is 39.2 Å². The first-order valence-electron chi connectivity index (χ1n) is 8.30. The predicted octanol–water partition coefficient (Wildman–Crippen LogP) is 2.77. The van der Waals surface area contributed by atoms with E-state index in [4.69, 9.17) is 4.74 Å². The Balaban J connectivity index is 2.04. The highest BCUT2D eigenvalue weighted by Crippen LogP contribution is 2.41. The Morgan fingerprint density at radius 3 is 2.48 bits per heavy atom. The van der Waals surface area contributed by atoms with Crippen molar-refractivity contribution >= 4 is 11.6 Å². The van der Waals surface area contributed by atoms with E-state index in [2.05, 4.69) is 0 Å². The number of Topliss-reactive ketones (excluding diaryl/α,β-unsaturated/α-hetero) is 2. The first kappa shape index (κ1) is 17.8. The summed E-state index contributed by atoms with van der Waals surface area (Å²) in [5, 5.41) is 10.2. The second-order valence-corrected chi connectivity index (χ2v) is 6.71. The van der Waals surface area contributed by atoms with Gasteiger partial charge in [-0.1, -0.05) is 50.6 Å². The maximum atomic E-state index is 12.7. The number of benzene rings is 1. The molecule has 1 N–H and O–H groups in total. The van der Waals surface area contributed by atoms with Gasteiger partial charge in [-0.3, -0.25) is 9.59 Å². The first-order valence-corrected chi connectivity index (χ1v) is 8.30. The molecule has 0 amide bonds. The van der Waals surface area contributed by atoms with Gasteiger partial charge in [0.05, 0.1) is 25.2 Å². The van der Waals surface area contributed by atoms with Crippen LogP contribution in [-0.4, -0.2) is 29.4 Å². The van der Waals surface area contributed by atoms with E-state index in [1.807, 2.05) is 37.3 Å². The quantitative estimate of drug-likeness (QED) is 0.785. The monoisotopic (exact) mass is 318 g/mol. The van der Waals surface area contributed by atoms with Gasteiger partial charge in [0, 0.05) is 5.92 Å². The number of ketones is 2. The zero-order valence-corrected chi connectivity index (χ0v) is 14.1. The molecule has 1 aromatic carbocycles. The van der Waals surface area contributed by atoms with Gasteiger partial charge in [0.25, 0.3) is 0 Å². The normalized spacial score (nSPS) is 29.0. The lowest BCUT2D eigenvalue weighted by Crippen LogP contribution is -2.37. The van der Waals surface area contributed by atoms with Crippen LogP contribution in [0.4, 0.5) is 0 Å². The van der Waals surface area contributed by atoms with Crippen LogP contribution in [0.3, 0.4) is 0 Å². The molecule has 0 spiro atoms. The summed E-state index contributed by atoms with van der Waals surface area (Å²) in [4.78, 5) is 25.3. The molecule has 1 aliphatic carbocycles. The van der Waals surface area contributed by atoms with Crippen molar-refractivity contribution in [2.45, 2.75) is 46.3 Å². The van der Waals surface area contributed by atoms with Crippen LogP contribution >= 0.6 is 0 Å². The molecule has 1 saturated carbocycles. The molecule has 4 nitrogen and oxygen atoms in total. The number of ether oxygens (including phenoxy) is 1. The lowest BCUT2D eigenvalue weighted by molar-refractivity contribution is -0.140. The number of carbonyl (C=O) groups is 2. The van der Waals surface area contributed by atoms with Crippen LogP contribution < -0.4 is 0 Å². The smallest absolute Gasteiger partial charge is 0.154 e. The number of carbonyl (C=O) groups excluding carboxylic acids is 2. The zero-order chi connectivity index (χ0) is 17.0. The Bertz CT molecular complexity index is 554. The van der Waals surface area contributed by atoms with Crippen molar-refractivity contribution in [3.05, 3.63) is 35.9 Å². The van der Waals surface area contributed by atoms with Crippen LogP contribution in [0.25, 0.3) is 0 Å². The summed E-state index contributed by atoms with van der Waals surface area (Å²) < 4.78 is 5.66. The van der Waals surface area contributed by atoms with Gasteiger partial charge in [-0.25, -0.2) is 0 Å². The number of hydrogen-bond donors (Lipinski definition) is 1. The van der Waals surface area contributed by atoms with Crippen LogP contribution in [0, 0.1) is 17.3 Å². The summed E-state index contributed by atoms with van der Waals surface area (Å²) in [5.74, 6) is -1.35. The molecule has 23 heavy (non-hydrogen) atoms. The molecular weight excluding hydrogens is 292 g/mol. The van der Waals surface area contributed by atoms with Crippen LogP contribution in [0.2, 0.25) is 0 Å². The molecule has 4 atom stereocenters. The van der Waals surface area contributed by atoms with E-state index in [0.717, 1.165) is 12.0 Å². The Hall–Kier alpha value is -1.52. The lowest BCUT2D eigenvalue weighted by atomic mass is 9.85. The minimum Gasteiger partial charge on any atom is -0.392 e. The molecular formula is C19H26O4. The second-order valence-electron chi connectivity index (χ2n) is 6.71. The van der Waals surface area contributed by atoms with E-state index in [0.29, 0.717) is 13.0 Å². The van der Waals surface area contributed by atoms with Gasteiger partial charge in [-0.15, -0.1) is 0 Å². The molecule has 0 saturated heterocycles. The molecule has 0 radical (unpaired) electrons. The number of aliphatic hydroxyl groups excluding tert-OH is 1. The Labute approximate surface area is 137 Å². The van der Waals surface area contributed by atoms with Crippen molar-refractivity contribution in [2.24, 2.45) is 17.3 Å². The van der Waals surface area contributed by atoms with Crippen molar-refractivity contribution in [2.75, 3.05) is 6.61 Å². The number of hydrogen-bond acceptors (Lipinski definition) is 4. The third-order valence-electron chi connectivity index (χ3n) is 4.84. The fraction of sp³-hybridized carbons (Fsp3) is 0.579. The SMILES string of the molecule is CCC[C@@H](O)[C@@H]1C(=O)[C@@](C)(COCc2ccccc2)C(=O)[C@H]1C. The van der Waals surface area contributed by atoms with Crippen molar-refractivity contribution < 1.29 is 19.4 Å². The molecule has 0 bridgehead atoms. The summed E-state index contributed by atoms with van der Waals surface area (Å²) in [6.45, 7) is 5.79. The number of aliphatic hydroxyl groups is 1. The standard InChI is InChI=1S/C19H26O4/c1-4-8-15(20)16-13(2)17(21)19(3,18(16)22)12-23-11-14-9-6-5-7-10-14/h5-7,9-10,13,15-16,20H,4,8,11-12H2,1-3H3/t13-,15+,16+,19-/m0/s1. The van der Waals surface area contributed by atoms with Crippen molar-refractivity contribution in [1.29, 1.82) is 0 Å². The highest BCUT2D eigenvalue weighted by Gasteiger charge is 2.57. The number of rotatable bonds is 7. The summed E-state index contributed by atoms with van der Waals surface area (Å²) in [7, 11) is 0.